The molecule has 2 aromatic rings. The van der Waals surface area contributed by atoms with Crippen molar-refractivity contribution in [2.24, 2.45) is 7.05 Å². The van der Waals surface area contributed by atoms with Crippen molar-refractivity contribution >= 4 is 9.84 Å². The van der Waals surface area contributed by atoms with Gasteiger partial charge in [0.05, 0.1) is 36.1 Å². The minimum atomic E-state index is -3.30. The van der Waals surface area contributed by atoms with Gasteiger partial charge in [-0.3, -0.25) is 4.79 Å². The lowest BCUT2D eigenvalue weighted by atomic mass is 10.1. The summed E-state index contributed by atoms with van der Waals surface area (Å²) < 4.78 is 37.6. The van der Waals surface area contributed by atoms with E-state index in [0.717, 1.165) is 6.42 Å². The van der Waals surface area contributed by atoms with E-state index in [-0.39, 0.29) is 29.2 Å². The molecule has 0 bridgehead atoms. The molecule has 0 radical (unpaired) electrons. The quantitative estimate of drug-likeness (QED) is 0.673. The Morgan fingerprint density at radius 3 is 2.69 bits per heavy atom. The minimum absolute atomic E-state index is 0.0919. The van der Waals surface area contributed by atoms with Crippen molar-refractivity contribution in [2.45, 2.75) is 45.5 Å². The van der Waals surface area contributed by atoms with E-state index in [1.807, 2.05) is 6.92 Å². The third kappa shape index (κ3) is 5.02. The van der Waals surface area contributed by atoms with Gasteiger partial charge in [0.25, 0.3) is 5.56 Å². The summed E-state index contributed by atoms with van der Waals surface area (Å²) in [5.41, 5.74) is 2.85. The van der Waals surface area contributed by atoms with Crippen molar-refractivity contribution in [3.05, 3.63) is 39.4 Å². The topological polar surface area (TPSA) is 100 Å². The van der Waals surface area contributed by atoms with Crippen LogP contribution in [-0.4, -0.2) is 48.0 Å². The van der Waals surface area contributed by atoms with Crippen molar-refractivity contribution in [3.63, 3.8) is 0 Å². The van der Waals surface area contributed by atoms with E-state index in [2.05, 4.69) is 9.97 Å². The van der Waals surface area contributed by atoms with Gasteiger partial charge in [0, 0.05) is 30.8 Å². The molecule has 0 aromatic carbocycles. The summed E-state index contributed by atoms with van der Waals surface area (Å²) in [6.45, 7) is 6.44. The first-order valence-electron chi connectivity index (χ1n) is 9.70. The maximum Gasteiger partial charge on any atom is 0.317 e. The van der Waals surface area contributed by atoms with Crippen LogP contribution >= 0.6 is 0 Å². The first-order chi connectivity index (χ1) is 13.7. The van der Waals surface area contributed by atoms with Crippen molar-refractivity contribution in [3.8, 4) is 17.3 Å². The molecule has 158 valence electrons. The lowest BCUT2D eigenvalue weighted by Crippen LogP contribution is -2.20. The van der Waals surface area contributed by atoms with Crippen LogP contribution in [0.25, 0.3) is 11.3 Å². The number of rotatable bonds is 7. The van der Waals surface area contributed by atoms with E-state index in [0.29, 0.717) is 47.7 Å². The molecule has 1 aliphatic rings. The molecule has 1 fully saturated rings. The maximum absolute atomic E-state index is 12.4. The van der Waals surface area contributed by atoms with Crippen LogP contribution in [0.15, 0.2) is 17.1 Å². The molecule has 3 heterocycles. The SMILES string of the molecule is CCCS(=O)(=O)Cc1nc(OC2CCOC2)nc(-c2cc(C)c(=O)n(C)c2)c1C. The Morgan fingerprint density at radius 1 is 1.31 bits per heavy atom. The maximum atomic E-state index is 12.4. The van der Waals surface area contributed by atoms with E-state index >= 15 is 0 Å². The Labute approximate surface area is 170 Å². The van der Waals surface area contributed by atoms with Gasteiger partial charge in [0.1, 0.15) is 6.10 Å². The molecule has 0 aliphatic carbocycles. The Hall–Kier alpha value is -2.26. The van der Waals surface area contributed by atoms with Crippen LogP contribution in [0.2, 0.25) is 0 Å². The number of hydrogen-bond donors (Lipinski definition) is 0. The molecule has 0 N–H and O–H groups in total. The first-order valence-corrected chi connectivity index (χ1v) is 11.5. The summed E-state index contributed by atoms with van der Waals surface area (Å²) in [6.07, 6.45) is 2.81. The number of aryl methyl sites for hydroxylation is 2. The van der Waals surface area contributed by atoms with Crippen LogP contribution in [0.3, 0.4) is 0 Å². The monoisotopic (exact) mass is 421 g/mol. The Morgan fingerprint density at radius 2 is 2.07 bits per heavy atom. The van der Waals surface area contributed by atoms with Crippen LogP contribution in [0.5, 0.6) is 6.01 Å². The van der Waals surface area contributed by atoms with Gasteiger partial charge in [-0.15, -0.1) is 0 Å². The third-order valence-corrected chi connectivity index (χ3v) is 6.64. The second-order valence-electron chi connectivity index (χ2n) is 7.45. The van der Waals surface area contributed by atoms with Crippen molar-refractivity contribution < 1.29 is 17.9 Å². The van der Waals surface area contributed by atoms with E-state index in [9.17, 15) is 13.2 Å². The molecule has 3 rings (SSSR count). The molecule has 0 saturated carbocycles. The number of hydrogen-bond acceptors (Lipinski definition) is 7. The zero-order valence-electron chi connectivity index (χ0n) is 17.3. The Kier molecular flexibility index (Phi) is 6.38. The zero-order chi connectivity index (χ0) is 21.2. The van der Waals surface area contributed by atoms with Gasteiger partial charge in [0.15, 0.2) is 9.84 Å². The highest BCUT2D eigenvalue weighted by molar-refractivity contribution is 7.90. The second-order valence-corrected chi connectivity index (χ2v) is 9.63. The molecule has 0 amide bonds. The highest BCUT2D eigenvalue weighted by Gasteiger charge is 2.23. The summed E-state index contributed by atoms with van der Waals surface area (Å²) in [5.74, 6) is -0.0815. The fourth-order valence-electron chi connectivity index (χ4n) is 3.37. The number of pyridine rings is 1. The van der Waals surface area contributed by atoms with Crippen molar-refractivity contribution in [2.75, 3.05) is 19.0 Å². The van der Waals surface area contributed by atoms with Crippen LogP contribution < -0.4 is 10.3 Å². The largest absolute Gasteiger partial charge is 0.458 e. The highest BCUT2D eigenvalue weighted by atomic mass is 32.2. The van der Waals surface area contributed by atoms with E-state index in [4.69, 9.17) is 9.47 Å². The number of ether oxygens (including phenoxy) is 2. The fraction of sp³-hybridized carbons (Fsp3) is 0.550. The summed E-state index contributed by atoms with van der Waals surface area (Å²) in [4.78, 5) is 21.0. The standard InChI is InChI=1S/C20H27N3O5S/c1-5-8-29(25,26)12-17-14(3)18(15-9-13(2)19(24)23(4)10-15)22-20(21-17)28-16-6-7-27-11-16/h9-10,16H,5-8,11-12H2,1-4H3. The number of nitrogens with zero attached hydrogens (tertiary/aromatic N) is 3. The molecule has 1 atom stereocenters. The van der Waals surface area contributed by atoms with Crippen LogP contribution in [0.1, 0.15) is 36.6 Å². The summed E-state index contributed by atoms with van der Waals surface area (Å²) in [5, 5.41) is 0. The lowest BCUT2D eigenvalue weighted by Gasteiger charge is -2.16. The van der Waals surface area contributed by atoms with Gasteiger partial charge in [-0.25, -0.2) is 8.42 Å². The van der Waals surface area contributed by atoms with Gasteiger partial charge in [0.2, 0.25) is 0 Å². The van der Waals surface area contributed by atoms with Gasteiger partial charge in [-0.2, -0.15) is 9.97 Å². The number of sulfone groups is 1. The van der Waals surface area contributed by atoms with Crippen LogP contribution in [0.4, 0.5) is 0 Å². The van der Waals surface area contributed by atoms with Crippen LogP contribution in [-0.2, 0) is 27.4 Å². The number of aromatic nitrogens is 3. The highest BCUT2D eigenvalue weighted by Crippen LogP contribution is 2.27. The first kappa shape index (κ1) is 21.4. The van der Waals surface area contributed by atoms with Gasteiger partial charge < -0.3 is 14.0 Å². The molecular formula is C20H27N3O5S. The molecule has 2 aromatic heterocycles. The normalized spacial score (nSPS) is 16.9. The molecular weight excluding hydrogens is 394 g/mol. The second kappa shape index (κ2) is 8.62. The van der Waals surface area contributed by atoms with E-state index < -0.39 is 9.84 Å². The fourth-order valence-corrected chi connectivity index (χ4v) is 4.83. The van der Waals surface area contributed by atoms with Crippen LogP contribution in [0, 0.1) is 13.8 Å². The molecule has 8 nitrogen and oxygen atoms in total. The lowest BCUT2D eigenvalue weighted by molar-refractivity contribution is 0.134. The Balaban J connectivity index is 2.10. The molecule has 1 saturated heterocycles. The average molecular weight is 422 g/mol. The molecule has 1 aliphatic heterocycles. The van der Waals surface area contributed by atoms with E-state index in [1.54, 1.807) is 33.2 Å². The zero-order valence-corrected chi connectivity index (χ0v) is 18.1. The van der Waals surface area contributed by atoms with Gasteiger partial charge >= 0.3 is 6.01 Å². The predicted octanol–water partition coefficient (Wildman–Crippen LogP) is 1.95. The molecule has 9 heteroatoms. The minimum Gasteiger partial charge on any atom is -0.458 e. The average Bonchev–Trinajstić information content (AvgIpc) is 3.14. The predicted molar refractivity (Wildman–Crippen MR) is 110 cm³/mol. The molecule has 0 spiro atoms. The van der Waals surface area contributed by atoms with Gasteiger partial charge in [-0.1, -0.05) is 6.92 Å². The molecule has 29 heavy (non-hydrogen) atoms. The van der Waals surface area contributed by atoms with Crippen molar-refractivity contribution in [1.82, 2.24) is 14.5 Å². The van der Waals surface area contributed by atoms with Crippen molar-refractivity contribution in [1.29, 1.82) is 0 Å². The third-order valence-electron chi connectivity index (χ3n) is 4.89. The molecule has 1 unspecified atom stereocenters. The van der Waals surface area contributed by atoms with Gasteiger partial charge in [-0.05, 0) is 31.9 Å². The van der Waals surface area contributed by atoms with E-state index in [1.165, 1.54) is 4.57 Å². The smallest absolute Gasteiger partial charge is 0.317 e. The summed E-state index contributed by atoms with van der Waals surface area (Å²) in [7, 11) is -1.62. The summed E-state index contributed by atoms with van der Waals surface area (Å²) >= 11 is 0. The Bertz CT molecular complexity index is 1030. The summed E-state index contributed by atoms with van der Waals surface area (Å²) in [6, 6.07) is 1.89.